The minimum Gasteiger partial charge on any atom is -0.338 e. The summed E-state index contributed by atoms with van der Waals surface area (Å²) in [5.74, 6) is 0.461. The molecule has 7 heteroatoms. The SMILES string of the molecule is O=C(c1cc(Cl)ccc1[N+](=O)[O-])N1CCSC(c2ccccc2)CC1. The molecule has 1 aliphatic rings. The van der Waals surface area contributed by atoms with Crippen LogP contribution >= 0.6 is 23.4 Å². The summed E-state index contributed by atoms with van der Waals surface area (Å²) in [5.41, 5.74) is 1.10. The molecule has 130 valence electrons. The zero-order valence-corrected chi connectivity index (χ0v) is 15.0. The summed E-state index contributed by atoms with van der Waals surface area (Å²) in [6, 6.07) is 14.3. The van der Waals surface area contributed by atoms with Gasteiger partial charge in [0.05, 0.1) is 4.92 Å². The van der Waals surface area contributed by atoms with Crippen LogP contribution in [0.1, 0.15) is 27.6 Å². The first-order valence-corrected chi connectivity index (χ1v) is 9.38. The number of thioether (sulfide) groups is 1. The van der Waals surface area contributed by atoms with Gasteiger partial charge in [-0.1, -0.05) is 41.9 Å². The summed E-state index contributed by atoms with van der Waals surface area (Å²) in [6.07, 6.45) is 0.814. The number of benzene rings is 2. The predicted molar refractivity (Wildman–Crippen MR) is 100 cm³/mol. The standard InChI is InChI=1S/C18H17ClN2O3S/c19-14-6-7-16(21(23)24)15(12-14)18(22)20-9-8-17(25-11-10-20)13-4-2-1-3-5-13/h1-7,12,17H,8-11H2. The van der Waals surface area contributed by atoms with Crippen molar-refractivity contribution in [2.24, 2.45) is 0 Å². The third-order valence-electron chi connectivity index (χ3n) is 4.19. The summed E-state index contributed by atoms with van der Waals surface area (Å²) >= 11 is 7.76. The van der Waals surface area contributed by atoms with Crippen molar-refractivity contribution in [3.8, 4) is 0 Å². The van der Waals surface area contributed by atoms with E-state index in [-0.39, 0.29) is 17.2 Å². The van der Waals surface area contributed by atoms with Crippen LogP contribution in [0, 0.1) is 10.1 Å². The number of nitro groups is 1. The van der Waals surface area contributed by atoms with Crippen molar-refractivity contribution in [3.63, 3.8) is 0 Å². The average molecular weight is 377 g/mol. The Hall–Kier alpha value is -2.05. The van der Waals surface area contributed by atoms with Gasteiger partial charge in [0.2, 0.25) is 0 Å². The molecule has 0 spiro atoms. The molecule has 0 N–H and O–H groups in total. The van der Waals surface area contributed by atoms with Crippen LogP contribution < -0.4 is 0 Å². The predicted octanol–water partition coefficient (Wildman–Crippen LogP) is 4.57. The highest BCUT2D eigenvalue weighted by Crippen LogP contribution is 2.35. The lowest BCUT2D eigenvalue weighted by atomic mass is 10.1. The van der Waals surface area contributed by atoms with Crippen LogP contribution in [-0.4, -0.2) is 34.6 Å². The minimum atomic E-state index is -0.539. The number of hydrogen-bond acceptors (Lipinski definition) is 4. The third-order valence-corrected chi connectivity index (χ3v) is 5.75. The Balaban J connectivity index is 1.78. The van der Waals surface area contributed by atoms with Crippen molar-refractivity contribution in [1.82, 2.24) is 4.90 Å². The summed E-state index contributed by atoms with van der Waals surface area (Å²) in [7, 11) is 0. The van der Waals surface area contributed by atoms with Gasteiger partial charge in [0, 0.05) is 35.2 Å². The van der Waals surface area contributed by atoms with Gasteiger partial charge in [-0.25, -0.2) is 0 Å². The summed E-state index contributed by atoms with van der Waals surface area (Å²) < 4.78 is 0. The third kappa shape index (κ3) is 4.14. The number of nitrogens with zero attached hydrogens (tertiary/aromatic N) is 2. The summed E-state index contributed by atoms with van der Waals surface area (Å²) in [5, 5.41) is 11.9. The van der Waals surface area contributed by atoms with Gasteiger partial charge in [-0.3, -0.25) is 14.9 Å². The molecule has 0 aliphatic carbocycles. The Labute approximate surface area is 155 Å². The number of amides is 1. The Bertz CT molecular complexity index is 785. The Morgan fingerprint density at radius 2 is 1.96 bits per heavy atom. The first-order valence-electron chi connectivity index (χ1n) is 7.96. The molecule has 2 aromatic rings. The van der Waals surface area contributed by atoms with Crippen molar-refractivity contribution in [3.05, 3.63) is 74.8 Å². The van der Waals surface area contributed by atoms with Gasteiger partial charge in [0.15, 0.2) is 0 Å². The van der Waals surface area contributed by atoms with Crippen LogP contribution in [0.4, 0.5) is 5.69 Å². The van der Waals surface area contributed by atoms with Crippen LogP contribution in [0.2, 0.25) is 5.02 Å². The van der Waals surface area contributed by atoms with Crippen LogP contribution in [0.25, 0.3) is 0 Å². The van der Waals surface area contributed by atoms with Gasteiger partial charge in [-0.05, 0) is 24.1 Å². The number of carbonyl (C=O) groups is 1. The first-order chi connectivity index (χ1) is 12.1. The van der Waals surface area contributed by atoms with Gasteiger partial charge < -0.3 is 4.90 Å². The summed E-state index contributed by atoms with van der Waals surface area (Å²) in [4.78, 5) is 25.2. The van der Waals surface area contributed by atoms with Crippen molar-refractivity contribution in [2.45, 2.75) is 11.7 Å². The second kappa shape index (κ2) is 7.89. The van der Waals surface area contributed by atoms with E-state index in [0.717, 1.165) is 12.2 Å². The molecular weight excluding hydrogens is 360 g/mol. The maximum atomic E-state index is 12.8. The highest BCUT2D eigenvalue weighted by atomic mass is 35.5. The van der Waals surface area contributed by atoms with Crippen molar-refractivity contribution in [2.75, 3.05) is 18.8 Å². The quantitative estimate of drug-likeness (QED) is 0.581. The lowest BCUT2D eigenvalue weighted by Gasteiger charge is -2.20. The van der Waals surface area contributed by atoms with E-state index in [1.165, 1.54) is 23.8 Å². The van der Waals surface area contributed by atoms with Crippen LogP contribution in [0.3, 0.4) is 0 Å². The summed E-state index contributed by atoms with van der Waals surface area (Å²) in [6.45, 7) is 1.13. The normalized spacial score (nSPS) is 17.8. The Morgan fingerprint density at radius 1 is 1.20 bits per heavy atom. The molecule has 1 unspecified atom stereocenters. The lowest BCUT2D eigenvalue weighted by Crippen LogP contribution is -2.33. The van der Waals surface area contributed by atoms with Crippen molar-refractivity contribution in [1.29, 1.82) is 0 Å². The molecule has 3 rings (SSSR count). The molecule has 0 radical (unpaired) electrons. The zero-order chi connectivity index (χ0) is 17.8. The van der Waals surface area contributed by atoms with E-state index in [0.29, 0.717) is 23.4 Å². The molecule has 25 heavy (non-hydrogen) atoms. The van der Waals surface area contributed by atoms with E-state index in [9.17, 15) is 14.9 Å². The van der Waals surface area contributed by atoms with Crippen molar-refractivity contribution < 1.29 is 9.72 Å². The topological polar surface area (TPSA) is 63.4 Å². The molecule has 1 heterocycles. The molecule has 1 fully saturated rings. The molecule has 0 bridgehead atoms. The molecule has 1 amide bonds. The number of halogens is 1. The highest BCUT2D eigenvalue weighted by Gasteiger charge is 2.27. The smallest absolute Gasteiger partial charge is 0.282 e. The molecule has 1 atom stereocenters. The van der Waals surface area contributed by atoms with Crippen LogP contribution in [0.5, 0.6) is 0 Å². The molecule has 1 saturated heterocycles. The molecule has 5 nitrogen and oxygen atoms in total. The van der Waals surface area contributed by atoms with Crippen molar-refractivity contribution >= 4 is 35.0 Å². The first kappa shape index (κ1) is 17.8. The largest absolute Gasteiger partial charge is 0.338 e. The zero-order valence-electron chi connectivity index (χ0n) is 13.4. The number of hydrogen-bond donors (Lipinski definition) is 0. The molecule has 0 aromatic heterocycles. The van der Waals surface area contributed by atoms with E-state index in [1.54, 1.807) is 4.90 Å². The fourth-order valence-electron chi connectivity index (χ4n) is 2.92. The van der Waals surface area contributed by atoms with Gasteiger partial charge in [0.25, 0.3) is 11.6 Å². The second-order valence-electron chi connectivity index (χ2n) is 5.77. The van der Waals surface area contributed by atoms with Crippen LogP contribution in [-0.2, 0) is 0 Å². The van der Waals surface area contributed by atoms with Crippen LogP contribution in [0.15, 0.2) is 48.5 Å². The van der Waals surface area contributed by atoms with Gasteiger partial charge >= 0.3 is 0 Å². The molecule has 2 aromatic carbocycles. The Kier molecular flexibility index (Phi) is 5.60. The Morgan fingerprint density at radius 3 is 2.68 bits per heavy atom. The fraction of sp³-hybridized carbons (Fsp3) is 0.278. The fourth-order valence-corrected chi connectivity index (χ4v) is 4.32. The molecular formula is C18H17ClN2O3S. The number of carbonyl (C=O) groups excluding carboxylic acids is 1. The van der Waals surface area contributed by atoms with E-state index in [2.05, 4.69) is 12.1 Å². The lowest BCUT2D eigenvalue weighted by molar-refractivity contribution is -0.385. The van der Waals surface area contributed by atoms with Gasteiger partial charge in [-0.15, -0.1) is 0 Å². The minimum absolute atomic E-state index is 0.0562. The van der Waals surface area contributed by atoms with E-state index < -0.39 is 4.92 Å². The van der Waals surface area contributed by atoms with E-state index in [1.807, 2.05) is 30.0 Å². The highest BCUT2D eigenvalue weighted by molar-refractivity contribution is 7.99. The average Bonchev–Trinajstić information content (AvgIpc) is 2.87. The number of nitro benzene ring substituents is 1. The van der Waals surface area contributed by atoms with Gasteiger partial charge in [-0.2, -0.15) is 11.8 Å². The maximum absolute atomic E-state index is 12.8. The maximum Gasteiger partial charge on any atom is 0.282 e. The van der Waals surface area contributed by atoms with E-state index in [4.69, 9.17) is 11.6 Å². The van der Waals surface area contributed by atoms with E-state index >= 15 is 0 Å². The monoisotopic (exact) mass is 376 g/mol. The number of rotatable bonds is 3. The second-order valence-corrected chi connectivity index (χ2v) is 7.52. The van der Waals surface area contributed by atoms with Gasteiger partial charge in [0.1, 0.15) is 5.56 Å². The molecule has 1 aliphatic heterocycles. The molecule has 0 saturated carbocycles.